The van der Waals surface area contributed by atoms with E-state index in [0.717, 1.165) is 16.7 Å². The summed E-state index contributed by atoms with van der Waals surface area (Å²) in [5.74, 6) is 0. The molecule has 0 bridgehead atoms. The van der Waals surface area contributed by atoms with E-state index in [1.807, 2.05) is 25.1 Å². The molecule has 0 radical (unpaired) electrons. The van der Waals surface area contributed by atoms with E-state index in [0.29, 0.717) is 16.5 Å². The van der Waals surface area contributed by atoms with Crippen molar-refractivity contribution in [3.63, 3.8) is 0 Å². The van der Waals surface area contributed by atoms with E-state index in [1.54, 1.807) is 18.5 Å². The summed E-state index contributed by atoms with van der Waals surface area (Å²) in [5.41, 5.74) is 2.54. The van der Waals surface area contributed by atoms with E-state index >= 15 is 0 Å². The van der Waals surface area contributed by atoms with E-state index in [4.69, 9.17) is 23.2 Å². The summed E-state index contributed by atoms with van der Waals surface area (Å²) >= 11 is 12.2. The van der Waals surface area contributed by atoms with Gasteiger partial charge in [0.25, 0.3) is 0 Å². The molecule has 1 heterocycles. The summed E-state index contributed by atoms with van der Waals surface area (Å²) in [5, 5.41) is 11.4. The molecule has 0 saturated heterocycles. The van der Waals surface area contributed by atoms with E-state index in [1.165, 1.54) is 0 Å². The van der Waals surface area contributed by atoms with Gasteiger partial charge in [-0.15, -0.1) is 0 Å². The number of hydrogen-bond donors (Lipinski definition) is 1. The maximum Gasteiger partial charge on any atom is 0.0845 e. The van der Waals surface area contributed by atoms with Crippen molar-refractivity contribution in [2.24, 2.45) is 0 Å². The van der Waals surface area contributed by atoms with Gasteiger partial charge in [-0.05, 0) is 29.7 Å². The van der Waals surface area contributed by atoms with Gasteiger partial charge in [0.05, 0.1) is 11.1 Å². The van der Waals surface area contributed by atoms with Crippen LogP contribution in [0.25, 0.3) is 0 Å². The van der Waals surface area contributed by atoms with Crippen molar-refractivity contribution in [3.05, 3.63) is 63.4 Å². The zero-order valence-corrected chi connectivity index (χ0v) is 11.4. The molecule has 4 heteroatoms. The molecule has 0 amide bonds. The number of aliphatic hydroxyl groups is 1. The van der Waals surface area contributed by atoms with Crippen molar-refractivity contribution >= 4 is 23.2 Å². The summed E-state index contributed by atoms with van der Waals surface area (Å²) in [6.45, 7) is 1.91. The third kappa shape index (κ3) is 2.83. The highest BCUT2D eigenvalue weighted by Gasteiger charge is 2.14. The van der Waals surface area contributed by atoms with Gasteiger partial charge in [0, 0.05) is 23.8 Å². The van der Waals surface area contributed by atoms with Gasteiger partial charge in [-0.25, -0.2) is 0 Å². The Balaban J connectivity index is 2.25. The summed E-state index contributed by atoms with van der Waals surface area (Å²) < 4.78 is 0. The number of benzene rings is 1. The number of hydrogen-bond acceptors (Lipinski definition) is 2. The second kappa shape index (κ2) is 5.70. The number of halogens is 2. The Morgan fingerprint density at radius 3 is 2.78 bits per heavy atom. The Bertz CT molecular complexity index is 557. The van der Waals surface area contributed by atoms with Crippen LogP contribution in [0.15, 0.2) is 36.7 Å². The minimum Gasteiger partial charge on any atom is -0.388 e. The smallest absolute Gasteiger partial charge is 0.0845 e. The maximum atomic E-state index is 10.2. The van der Waals surface area contributed by atoms with E-state index in [2.05, 4.69) is 4.98 Å². The van der Waals surface area contributed by atoms with Crippen molar-refractivity contribution in [3.8, 4) is 0 Å². The molecule has 0 fully saturated rings. The molecule has 2 nitrogen and oxygen atoms in total. The molecule has 1 unspecified atom stereocenters. The average molecular weight is 282 g/mol. The van der Waals surface area contributed by atoms with Gasteiger partial charge < -0.3 is 5.11 Å². The largest absolute Gasteiger partial charge is 0.388 e. The van der Waals surface area contributed by atoms with Gasteiger partial charge in [0.1, 0.15) is 0 Å². The van der Waals surface area contributed by atoms with Gasteiger partial charge in [-0.1, -0.05) is 41.4 Å². The Morgan fingerprint density at radius 2 is 2.06 bits per heavy atom. The highest BCUT2D eigenvalue weighted by molar-refractivity contribution is 6.32. The fourth-order valence-electron chi connectivity index (χ4n) is 1.82. The summed E-state index contributed by atoms with van der Waals surface area (Å²) in [7, 11) is 0. The molecule has 1 N–H and O–H groups in total. The van der Waals surface area contributed by atoms with E-state index < -0.39 is 6.10 Å². The molecule has 0 aliphatic carbocycles. The van der Waals surface area contributed by atoms with Gasteiger partial charge in [0.2, 0.25) is 0 Å². The number of rotatable bonds is 3. The van der Waals surface area contributed by atoms with Crippen molar-refractivity contribution in [1.29, 1.82) is 0 Å². The maximum absolute atomic E-state index is 10.2. The highest BCUT2D eigenvalue weighted by Crippen LogP contribution is 2.29. The Morgan fingerprint density at radius 1 is 1.28 bits per heavy atom. The Hall–Kier alpha value is -1.09. The molecule has 18 heavy (non-hydrogen) atoms. The SMILES string of the molecule is Cc1cccc(C(O)Cc2ccncc2Cl)c1Cl. The van der Waals surface area contributed by atoms with Gasteiger partial charge in [0.15, 0.2) is 0 Å². The molecule has 0 spiro atoms. The molecular weight excluding hydrogens is 269 g/mol. The lowest BCUT2D eigenvalue weighted by Gasteiger charge is -2.14. The lowest BCUT2D eigenvalue weighted by Crippen LogP contribution is -2.04. The van der Waals surface area contributed by atoms with Gasteiger partial charge >= 0.3 is 0 Å². The normalized spacial score (nSPS) is 12.4. The second-order valence-corrected chi connectivity index (χ2v) is 4.95. The molecule has 2 rings (SSSR count). The molecule has 0 aliphatic heterocycles. The fourth-order valence-corrected chi connectivity index (χ4v) is 2.26. The molecule has 1 aromatic carbocycles. The number of aliphatic hydroxyl groups excluding tert-OH is 1. The minimum absolute atomic E-state index is 0.421. The predicted octanol–water partition coefficient (Wildman–Crippen LogP) is 3.97. The first-order valence-electron chi connectivity index (χ1n) is 5.61. The van der Waals surface area contributed by atoms with Crippen molar-refractivity contribution in [2.45, 2.75) is 19.4 Å². The lowest BCUT2D eigenvalue weighted by molar-refractivity contribution is 0.178. The molecule has 0 saturated carbocycles. The number of nitrogens with zero attached hydrogens (tertiary/aromatic N) is 1. The van der Waals surface area contributed by atoms with E-state index in [9.17, 15) is 5.11 Å². The molecule has 2 aromatic rings. The third-order valence-electron chi connectivity index (χ3n) is 2.85. The van der Waals surface area contributed by atoms with Crippen LogP contribution in [0.5, 0.6) is 0 Å². The zero-order valence-electron chi connectivity index (χ0n) is 9.90. The van der Waals surface area contributed by atoms with Crippen LogP contribution in [0.3, 0.4) is 0 Å². The van der Waals surface area contributed by atoms with Crippen LogP contribution in [0.1, 0.15) is 22.8 Å². The zero-order chi connectivity index (χ0) is 13.1. The molecular formula is C14H13Cl2NO. The average Bonchev–Trinajstić information content (AvgIpc) is 2.35. The van der Waals surface area contributed by atoms with E-state index in [-0.39, 0.29) is 0 Å². The van der Waals surface area contributed by atoms with Crippen LogP contribution < -0.4 is 0 Å². The first kappa shape index (κ1) is 13.3. The first-order valence-corrected chi connectivity index (χ1v) is 6.36. The quantitative estimate of drug-likeness (QED) is 0.923. The summed E-state index contributed by atoms with van der Waals surface area (Å²) in [4.78, 5) is 3.92. The Kier molecular flexibility index (Phi) is 4.23. The number of aryl methyl sites for hydroxylation is 1. The van der Waals surface area contributed by atoms with Crippen LogP contribution in [-0.2, 0) is 6.42 Å². The van der Waals surface area contributed by atoms with Crippen LogP contribution in [-0.4, -0.2) is 10.1 Å². The Labute approximate surface area is 116 Å². The minimum atomic E-state index is -0.669. The highest BCUT2D eigenvalue weighted by atomic mass is 35.5. The second-order valence-electron chi connectivity index (χ2n) is 4.17. The summed E-state index contributed by atoms with van der Waals surface area (Å²) in [6.07, 6.45) is 2.98. The number of pyridine rings is 1. The first-order chi connectivity index (χ1) is 8.59. The standard InChI is InChI=1S/C14H13Cl2NO/c1-9-3-2-4-11(14(9)16)13(18)7-10-5-6-17-8-12(10)15/h2-6,8,13,18H,7H2,1H3. The molecule has 0 aliphatic rings. The third-order valence-corrected chi connectivity index (χ3v) is 3.71. The van der Waals surface area contributed by atoms with Gasteiger partial charge in [-0.3, -0.25) is 4.98 Å². The van der Waals surface area contributed by atoms with Crippen molar-refractivity contribution < 1.29 is 5.11 Å². The van der Waals surface area contributed by atoms with Crippen molar-refractivity contribution in [1.82, 2.24) is 4.98 Å². The van der Waals surface area contributed by atoms with Crippen LogP contribution in [0.2, 0.25) is 10.0 Å². The number of aromatic nitrogens is 1. The lowest BCUT2D eigenvalue weighted by atomic mass is 10.0. The van der Waals surface area contributed by atoms with Crippen LogP contribution in [0.4, 0.5) is 0 Å². The predicted molar refractivity (Wildman–Crippen MR) is 74.1 cm³/mol. The monoisotopic (exact) mass is 281 g/mol. The van der Waals surface area contributed by atoms with Gasteiger partial charge in [-0.2, -0.15) is 0 Å². The topological polar surface area (TPSA) is 33.1 Å². The van der Waals surface area contributed by atoms with Crippen LogP contribution >= 0.6 is 23.2 Å². The molecule has 1 aromatic heterocycles. The van der Waals surface area contributed by atoms with Crippen molar-refractivity contribution in [2.75, 3.05) is 0 Å². The molecule has 94 valence electrons. The molecule has 1 atom stereocenters. The fraction of sp³-hybridized carbons (Fsp3) is 0.214. The van der Waals surface area contributed by atoms with Crippen LogP contribution in [0, 0.1) is 6.92 Å². The summed E-state index contributed by atoms with van der Waals surface area (Å²) in [6, 6.07) is 7.43.